The zero-order chi connectivity index (χ0) is 47.8. The number of nitrogens with one attached hydrogen (secondary N) is 2. The number of carbonyl (C=O) groups excluding carboxylic acids is 3. The number of rotatable bonds is 21. The number of thiazole rings is 1. The fourth-order valence-corrected chi connectivity index (χ4v) is 12.1. The number of methoxy groups -OCH3 is 1. The second-order valence-corrected chi connectivity index (χ2v) is 21.0. The van der Waals surface area contributed by atoms with Gasteiger partial charge in [-0.05, 0) is 83.2 Å². The molecular formula is C52H62N6O8S2. The molecule has 8 rings (SSSR count). The van der Waals surface area contributed by atoms with Gasteiger partial charge in [-0.3, -0.25) is 4.79 Å². The number of amides is 4. The minimum atomic E-state index is -4.04. The van der Waals surface area contributed by atoms with Crippen LogP contribution in [0.15, 0.2) is 113 Å². The number of nitrogens with zero attached hydrogens (tertiary/aromatic N) is 4. The van der Waals surface area contributed by atoms with E-state index in [1.807, 2.05) is 73.8 Å². The third kappa shape index (κ3) is 11.2. The van der Waals surface area contributed by atoms with Crippen molar-refractivity contribution < 1.29 is 37.4 Å². The molecule has 360 valence electrons. The van der Waals surface area contributed by atoms with Gasteiger partial charge in [0.1, 0.15) is 23.4 Å². The fourth-order valence-electron chi connectivity index (χ4n) is 9.84. The van der Waals surface area contributed by atoms with Crippen molar-refractivity contribution in [2.24, 2.45) is 11.8 Å². The van der Waals surface area contributed by atoms with E-state index in [2.05, 4.69) is 34.9 Å². The van der Waals surface area contributed by atoms with Crippen molar-refractivity contribution in [2.75, 3.05) is 39.9 Å². The van der Waals surface area contributed by atoms with Crippen LogP contribution in [0.4, 0.5) is 9.59 Å². The van der Waals surface area contributed by atoms with Gasteiger partial charge in [0.05, 0.1) is 42.9 Å². The highest BCUT2D eigenvalue weighted by Crippen LogP contribution is 2.44. The third-order valence-electron chi connectivity index (χ3n) is 13.7. The smallest absolute Gasteiger partial charge is 0.407 e. The van der Waals surface area contributed by atoms with E-state index in [1.54, 1.807) is 21.9 Å². The van der Waals surface area contributed by atoms with Crippen molar-refractivity contribution >= 4 is 39.4 Å². The molecule has 5 aromatic rings. The Morgan fingerprint density at radius 2 is 1.59 bits per heavy atom. The first-order chi connectivity index (χ1) is 32.9. The van der Waals surface area contributed by atoms with E-state index in [4.69, 9.17) is 14.5 Å². The molecule has 2 heterocycles. The first-order valence-corrected chi connectivity index (χ1v) is 26.0. The van der Waals surface area contributed by atoms with E-state index in [0.29, 0.717) is 36.0 Å². The zero-order valence-corrected chi connectivity index (χ0v) is 40.6. The van der Waals surface area contributed by atoms with E-state index >= 15 is 0 Å². The van der Waals surface area contributed by atoms with E-state index in [-0.39, 0.29) is 67.9 Å². The second kappa shape index (κ2) is 22.1. The lowest BCUT2D eigenvalue weighted by molar-refractivity contribution is -0.128. The maximum atomic E-state index is 14.6. The van der Waals surface area contributed by atoms with Crippen LogP contribution in [0.2, 0.25) is 0 Å². The van der Waals surface area contributed by atoms with Gasteiger partial charge in [-0.25, -0.2) is 23.0 Å². The molecule has 68 heavy (non-hydrogen) atoms. The van der Waals surface area contributed by atoms with Crippen molar-refractivity contribution in [1.29, 1.82) is 0 Å². The number of fused-ring (bicyclic) bond motifs is 3. The molecule has 4 aromatic carbocycles. The highest BCUT2D eigenvalue weighted by atomic mass is 32.2. The molecule has 1 saturated carbocycles. The van der Waals surface area contributed by atoms with Crippen molar-refractivity contribution in [1.82, 2.24) is 29.7 Å². The summed E-state index contributed by atoms with van der Waals surface area (Å²) in [6.45, 7) is 5.20. The molecule has 2 aliphatic carbocycles. The molecule has 1 aliphatic heterocycles. The lowest BCUT2D eigenvalue weighted by Crippen LogP contribution is -2.57. The standard InChI is InChI=1S/C52H62N6O8S2/c1-4-35(2)49(50(60)55-46(28-36-14-6-5-7-15-36)47(59)32-57(30-37-16-8-9-17-37)68(63,64)40-24-22-39(65-3)23-25-40)58-27-26-56(52(58)62)31-38-34-67-48(54-38)29-53-51(61)66-33-45-43-20-12-10-18-41(43)42-19-11-13-21-44(42)45/h5-7,10-15,18-25,34-35,37,45-47,49,59H,4,8-9,16-17,26-33H2,1-3H3,(H,53,61)(H,55,60)/t35-,46-,47+,49-/m0/s1. The van der Waals surface area contributed by atoms with Gasteiger partial charge in [-0.15, -0.1) is 11.3 Å². The Kier molecular flexibility index (Phi) is 15.8. The SMILES string of the molecule is CC[C@H](C)[C@@H](C(=O)N[C@@H](Cc1ccccc1)[C@H](O)CN(CC1CCCC1)S(=O)(=O)c1ccc(OC)cc1)N1CCN(Cc2csc(CNC(=O)OCC3c4ccccc4-c4ccccc43)n2)C1=O. The Labute approximate surface area is 403 Å². The zero-order valence-electron chi connectivity index (χ0n) is 39.0. The Bertz CT molecular complexity index is 2580. The van der Waals surface area contributed by atoms with Gasteiger partial charge in [0.15, 0.2) is 0 Å². The largest absolute Gasteiger partial charge is 0.497 e. The molecule has 3 aliphatic rings. The Morgan fingerprint density at radius 1 is 0.926 bits per heavy atom. The fraction of sp³-hybridized carbons (Fsp3) is 0.423. The first kappa shape index (κ1) is 48.6. The van der Waals surface area contributed by atoms with Crippen LogP contribution in [-0.2, 0) is 39.1 Å². The van der Waals surface area contributed by atoms with Crippen LogP contribution in [0.5, 0.6) is 5.75 Å². The monoisotopic (exact) mass is 962 g/mol. The number of alkyl carbamates (subject to hydrolysis) is 1. The highest BCUT2D eigenvalue weighted by Gasteiger charge is 2.42. The lowest BCUT2D eigenvalue weighted by atomic mass is 9.95. The summed E-state index contributed by atoms with van der Waals surface area (Å²) < 4.78 is 40.9. The topological polar surface area (TPSA) is 171 Å². The van der Waals surface area contributed by atoms with E-state index in [0.717, 1.165) is 53.5 Å². The summed E-state index contributed by atoms with van der Waals surface area (Å²) in [5, 5.41) is 20.6. The molecule has 3 N–H and O–H groups in total. The molecule has 16 heteroatoms. The van der Waals surface area contributed by atoms with Crippen molar-refractivity contribution in [2.45, 2.75) is 94.5 Å². The number of sulfonamides is 1. The Balaban J connectivity index is 0.905. The molecule has 1 saturated heterocycles. The number of aliphatic hydroxyl groups is 1. The summed E-state index contributed by atoms with van der Waals surface area (Å²) in [5.74, 6) is -0.0202. The number of aromatic nitrogens is 1. The molecule has 0 bridgehead atoms. The lowest BCUT2D eigenvalue weighted by Gasteiger charge is -2.35. The average Bonchev–Trinajstić information content (AvgIpc) is 4.18. The number of urea groups is 1. The van der Waals surface area contributed by atoms with Gasteiger partial charge in [-0.1, -0.05) is 112 Å². The van der Waals surface area contributed by atoms with Crippen molar-refractivity contribution in [3.63, 3.8) is 0 Å². The third-order valence-corrected chi connectivity index (χ3v) is 16.5. The van der Waals surface area contributed by atoms with E-state index in [9.17, 15) is 27.9 Å². The highest BCUT2D eigenvalue weighted by molar-refractivity contribution is 7.89. The molecule has 1 aromatic heterocycles. The predicted molar refractivity (Wildman–Crippen MR) is 262 cm³/mol. The van der Waals surface area contributed by atoms with Crippen molar-refractivity contribution in [3.05, 3.63) is 136 Å². The van der Waals surface area contributed by atoms with Crippen LogP contribution in [-0.4, -0.2) is 109 Å². The molecule has 2 fully saturated rings. The Morgan fingerprint density at radius 3 is 2.25 bits per heavy atom. The summed E-state index contributed by atoms with van der Waals surface area (Å²) in [6, 6.07) is 30.0. The van der Waals surface area contributed by atoms with Gasteiger partial charge in [0, 0.05) is 37.5 Å². The van der Waals surface area contributed by atoms with Crippen LogP contribution in [0, 0.1) is 11.8 Å². The number of hydrogen-bond acceptors (Lipinski definition) is 10. The van der Waals surface area contributed by atoms with Crippen LogP contribution in [0.1, 0.15) is 79.3 Å². The summed E-state index contributed by atoms with van der Waals surface area (Å²) in [6.07, 6.45) is 2.87. The van der Waals surface area contributed by atoms with Gasteiger partial charge in [-0.2, -0.15) is 4.31 Å². The second-order valence-electron chi connectivity index (χ2n) is 18.2. The normalized spacial score (nSPS) is 16.9. The van der Waals surface area contributed by atoms with E-state index < -0.39 is 40.2 Å². The summed E-state index contributed by atoms with van der Waals surface area (Å²) in [5.41, 5.74) is 6.10. The van der Waals surface area contributed by atoms with Crippen LogP contribution >= 0.6 is 11.3 Å². The van der Waals surface area contributed by atoms with Crippen LogP contribution in [0.3, 0.4) is 0 Å². The van der Waals surface area contributed by atoms with Gasteiger partial charge in [0.25, 0.3) is 0 Å². The number of carbonyl (C=O) groups is 3. The molecule has 4 atom stereocenters. The number of ether oxygens (including phenoxy) is 2. The molecule has 14 nitrogen and oxygen atoms in total. The molecule has 4 amide bonds. The number of hydrogen-bond donors (Lipinski definition) is 3. The predicted octanol–water partition coefficient (Wildman–Crippen LogP) is 7.81. The molecule has 0 unspecified atom stereocenters. The van der Waals surface area contributed by atoms with Gasteiger partial charge >= 0.3 is 12.1 Å². The quantitative estimate of drug-likeness (QED) is 0.0664. The summed E-state index contributed by atoms with van der Waals surface area (Å²) in [4.78, 5) is 49.8. The minimum absolute atomic E-state index is 0.0511. The summed E-state index contributed by atoms with van der Waals surface area (Å²) >= 11 is 1.38. The minimum Gasteiger partial charge on any atom is -0.497 e. The van der Waals surface area contributed by atoms with Crippen molar-refractivity contribution in [3.8, 4) is 16.9 Å². The maximum Gasteiger partial charge on any atom is 0.407 e. The van der Waals surface area contributed by atoms with Gasteiger partial charge in [0.2, 0.25) is 15.9 Å². The van der Waals surface area contributed by atoms with Crippen LogP contribution in [0.25, 0.3) is 11.1 Å². The molecular weight excluding hydrogens is 901 g/mol. The first-order valence-electron chi connectivity index (χ1n) is 23.7. The number of benzene rings is 4. The van der Waals surface area contributed by atoms with Crippen LogP contribution < -0.4 is 15.4 Å². The maximum absolute atomic E-state index is 14.6. The average molecular weight is 963 g/mol. The number of aliphatic hydroxyl groups excluding tert-OH is 1. The van der Waals surface area contributed by atoms with Gasteiger partial charge < -0.3 is 35.0 Å². The summed E-state index contributed by atoms with van der Waals surface area (Å²) in [7, 11) is -2.52. The molecule has 0 radical (unpaired) electrons. The molecule has 0 spiro atoms. The Hall–Kier alpha value is -5.81. The van der Waals surface area contributed by atoms with E-state index in [1.165, 1.54) is 34.9 Å².